The van der Waals surface area contributed by atoms with Gasteiger partial charge < -0.3 is 31.9 Å². The maximum Gasteiger partial charge on any atom is 0.326 e. The first kappa shape index (κ1) is 29.8. The molecule has 0 aliphatic carbocycles. The summed E-state index contributed by atoms with van der Waals surface area (Å²) < 4.78 is 0. The molecule has 32 heavy (non-hydrogen) atoms. The summed E-state index contributed by atoms with van der Waals surface area (Å²) in [5, 5.41) is 26.9. The first-order valence-corrected chi connectivity index (χ1v) is 11.2. The van der Waals surface area contributed by atoms with Crippen LogP contribution < -0.4 is 21.7 Å². The molecule has 0 aliphatic rings. The predicted octanol–water partition coefficient (Wildman–Crippen LogP) is 0.372. The van der Waals surface area contributed by atoms with Gasteiger partial charge in [0.25, 0.3) is 0 Å². The summed E-state index contributed by atoms with van der Waals surface area (Å²) in [6.07, 6.45) is -0.342. The molecule has 0 spiro atoms. The smallest absolute Gasteiger partial charge is 0.326 e. The van der Waals surface area contributed by atoms with Crippen molar-refractivity contribution in [1.29, 1.82) is 0 Å². The first-order valence-electron chi connectivity index (χ1n) is 11.2. The number of amides is 3. The van der Waals surface area contributed by atoms with Crippen LogP contribution in [0, 0.1) is 17.8 Å². The highest BCUT2D eigenvalue weighted by Gasteiger charge is 2.33. The van der Waals surface area contributed by atoms with Crippen molar-refractivity contribution >= 4 is 23.7 Å². The van der Waals surface area contributed by atoms with E-state index < -0.39 is 54.0 Å². The predicted molar refractivity (Wildman–Crippen MR) is 121 cm³/mol. The molecule has 0 aromatic carbocycles. The van der Waals surface area contributed by atoms with Gasteiger partial charge in [-0.2, -0.15) is 0 Å². The van der Waals surface area contributed by atoms with Crippen LogP contribution in [-0.4, -0.2) is 64.2 Å². The number of hydrogen-bond donors (Lipinski definition) is 6. The number of rotatable bonds is 14. The molecule has 0 rings (SSSR count). The molecule has 0 heterocycles. The number of aliphatic hydroxyl groups excluding tert-OH is 1. The SMILES string of the molecule is CC(C)CC(N)C(=O)NC(CC(C)C)C(=O)NC(C(=O)NC(CC(C)C)C(=O)O)C(C)O. The number of aliphatic hydroxyl groups is 1. The summed E-state index contributed by atoms with van der Waals surface area (Å²) in [5.41, 5.74) is 5.91. The largest absolute Gasteiger partial charge is 0.480 e. The minimum Gasteiger partial charge on any atom is -0.480 e. The number of carboxylic acids is 1. The molecule has 5 unspecified atom stereocenters. The Morgan fingerprint density at radius 3 is 1.53 bits per heavy atom. The maximum atomic E-state index is 12.9. The van der Waals surface area contributed by atoms with Gasteiger partial charge in [-0.1, -0.05) is 41.5 Å². The van der Waals surface area contributed by atoms with Crippen LogP contribution in [0.2, 0.25) is 0 Å². The molecule has 0 radical (unpaired) electrons. The van der Waals surface area contributed by atoms with E-state index in [2.05, 4.69) is 16.0 Å². The second-order valence-electron chi connectivity index (χ2n) is 9.68. The maximum absolute atomic E-state index is 12.9. The Bertz CT molecular complexity index is 636. The summed E-state index contributed by atoms with van der Waals surface area (Å²) in [6.45, 7) is 12.6. The number of carbonyl (C=O) groups excluding carboxylic acids is 3. The van der Waals surface area contributed by atoms with E-state index in [1.54, 1.807) is 0 Å². The topological polar surface area (TPSA) is 171 Å². The summed E-state index contributed by atoms with van der Waals surface area (Å²) in [7, 11) is 0. The van der Waals surface area contributed by atoms with Crippen LogP contribution in [0.3, 0.4) is 0 Å². The molecule has 0 aromatic heterocycles. The quantitative estimate of drug-likeness (QED) is 0.218. The van der Waals surface area contributed by atoms with Crippen LogP contribution in [0.25, 0.3) is 0 Å². The monoisotopic (exact) mass is 458 g/mol. The lowest BCUT2D eigenvalue weighted by molar-refractivity contribution is -0.143. The molecule has 0 bridgehead atoms. The van der Waals surface area contributed by atoms with Gasteiger partial charge in [0.15, 0.2) is 0 Å². The number of aliphatic carboxylic acids is 1. The van der Waals surface area contributed by atoms with Gasteiger partial charge >= 0.3 is 5.97 Å². The number of nitrogens with two attached hydrogens (primary N) is 1. The lowest BCUT2D eigenvalue weighted by atomic mass is 10.00. The Labute approximate surface area is 191 Å². The fraction of sp³-hybridized carbons (Fsp3) is 0.818. The van der Waals surface area contributed by atoms with Crippen molar-refractivity contribution in [2.24, 2.45) is 23.5 Å². The fourth-order valence-electron chi connectivity index (χ4n) is 3.21. The van der Waals surface area contributed by atoms with Crippen molar-refractivity contribution in [3.05, 3.63) is 0 Å². The zero-order chi connectivity index (χ0) is 25.2. The van der Waals surface area contributed by atoms with Gasteiger partial charge in [0, 0.05) is 0 Å². The van der Waals surface area contributed by atoms with Gasteiger partial charge in [-0.3, -0.25) is 14.4 Å². The van der Waals surface area contributed by atoms with Crippen LogP contribution in [0.5, 0.6) is 0 Å². The normalized spacial score (nSPS) is 16.2. The average molecular weight is 459 g/mol. The Balaban J connectivity index is 5.41. The van der Waals surface area contributed by atoms with Crippen LogP contribution in [-0.2, 0) is 19.2 Å². The Kier molecular flexibility index (Phi) is 13.1. The van der Waals surface area contributed by atoms with Crippen LogP contribution in [0.1, 0.15) is 67.7 Å². The first-order chi connectivity index (χ1) is 14.6. The highest BCUT2D eigenvalue weighted by Crippen LogP contribution is 2.09. The van der Waals surface area contributed by atoms with Crippen molar-refractivity contribution in [3.8, 4) is 0 Å². The van der Waals surface area contributed by atoms with Crippen molar-refractivity contribution in [1.82, 2.24) is 16.0 Å². The molecule has 10 nitrogen and oxygen atoms in total. The molecule has 186 valence electrons. The zero-order valence-electron chi connectivity index (χ0n) is 20.3. The van der Waals surface area contributed by atoms with Gasteiger partial charge in [-0.05, 0) is 43.9 Å². The fourth-order valence-corrected chi connectivity index (χ4v) is 3.21. The van der Waals surface area contributed by atoms with E-state index >= 15 is 0 Å². The van der Waals surface area contributed by atoms with Crippen LogP contribution in [0.15, 0.2) is 0 Å². The van der Waals surface area contributed by atoms with Crippen molar-refractivity contribution in [3.63, 3.8) is 0 Å². The zero-order valence-corrected chi connectivity index (χ0v) is 20.3. The summed E-state index contributed by atoms with van der Waals surface area (Å²) in [4.78, 5) is 49.5. The van der Waals surface area contributed by atoms with Crippen LogP contribution >= 0.6 is 0 Å². The van der Waals surface area contributed by atoms with Gasteiger partial charge in [-0.25, -0.2) is 4.79 Å². The van der Waals surface area contributed by atoms with Gasteiger partial charge in [0.05, 0.1) is 12.1 Å². The molecule has 0 aromatic rings. The molecule has 5 atom stereocenters. The van der Waals surface area contributed by atoms with E-state index in [0.29, 0.717) is 12.8 Å². The molecule has 3 amide bonds. The lowest BCUT2D eigenvalue weighted by Gasteiger charge is -2.27. The number of nitrogens with one attached hydrogen (secondary N) is 3. The standard InChI is InChI=1S/C22H42N4O6/c1-11(2)8-15(23)19(28)24-16(9-12(3)4)20(29)26-18(14(7)27)21(30)25-17(22(31)32)10-13(5)6/h11-18,27H,8-10,23H2,1-7H3,(H,24,28)(H,25,30)(H,26,29)(H,31,32). The van der Waals surface area contributed by atoms with Crippen molar-refractivity contribution in [2.75, 3.05) is 0 Å². The second kappa shape index (κ2) is 14.1. The van der Waals surface area contributed by atoms with E-state index in [-0.39, 0.29) is 24.2 Å². The van der Waals surface area contributed by atoms with Gasteiger partial charge in [-0.15, -0.1) is 0 Å². The minimum absolute atomic E-state index is 0.0108. The Morgan fingerprint density at radius 2 is 1.12 bits per heavy atom. The summed E-state index contributed by atoms with van der Waals surface area (Å²) in [6, 6.07) is -4.27. The summed E-state index contributed by atoms with van der Waals surface area (Å²) in [5.74, 6) is -2.88. The number of carboxylic acid groups (broad SMARTS) is 1. The van der Waals surface area contributed by atoms with E-state index in [1.807, 2.05) is 41.5 Å². The van der Waals surface area contributed by atoms with Crippen LogP contribution in [0.4, 0.5) is 0 Å². The summed E-state index contributed by atoms with van der Waals surface area (Å²) >= 11 is 0. The minimum atomic E-state index is -1.38. The molecule has 0 saturated carbocycles. The molecule has 0 aliphatic heterocycles. The molecular weight excluding hydrogens is 416 g/mol. The molecular formula is C22H42N4O6. The Hall–Kier alpha value is -2.20. The third-order valence-electron chi connectivity index (χ3n) is 4.79. The van der Waals surface area contributed by atoms with E-state index in [4.69, 9.17) is 5.73 Å². The highest BCUT2D eigenvalue weighted by atomic mass is 16.4. The lowest BCUT2D eigenvalue weighted by Crippen LogP contribution is -2.60. The third kappa shape index (κ3) is 11.4. The number of hydrogen-bond acceptors (Lipinski definition) is 6. The van der Waals surface area contributed by atoms with Gasteiger partial charge in [0.1, 0.15) is 18.1 Å². The van der Waals surface area contributed by atoms with E-state index in [1.165, 1.54) is 6.92 Å². The highest BCUT2D eigenvalue weighted by molar-refractivity contribution is 5.94. The molecule has 7 N–H and O–H groups in total. The Morgan fingerprint density at radius 1 is 0.688 bits per heavy atom. The average Bonchev–Trinajstić information content (AvgIpc) is 2.62. The number of carbonyl (C=O) groups is 4. The second-order valence-corrected chi connectivity index (χ2v) is 9.68. The van der Waals surface area contributed by atoms with Crippen molar-refractivity contribution in [2.45, 2.75) is 98.0 Å². The third-order valence-corrected chi connectivity index (χ3v) is 4.79. The molecule has 10 heteroatoms. The molecule has 0 fully saturated rings. The van der Waals surface area contributed by atoms with E-state index in [0.717, 1.165) is 0 Å². The van der Waals surface area contributed by atoms with Gasteiger partial charge in [0.2, 0.25) is 17.7 Å². The van der Waals surface area contributed by atoms with Crippen molar-refractivity contribution < 1.29 is 29.4 Å². The van der Waals surface area contributed by atoms with E-state index in [9.17, 15) is 29.4 Å². The molecule has 0 saturated heterocycles.